The van der Waals surface area contributed by atoms with Crippen molar-refractivity contribution in [2.24, 2.45) is 0 Å². The lowest BCUT2D eigenvalue weighted by Gasteiger charge is -2.33. The van der Waals surface area contributed by atoms with Gasteiger partial charge in [-0.1, -0.05) is 29.8 Å². The summed E-state index contributed by atoms with van der Waals surface area (Å²) in [6.45, 7) is 0.744. The number of carbonyl (C=O) groups excluding carboxylic acids is 1. The number of para-hydroxylation sites is 1. The van der Waals surface area contributed by atoms with Crippen molar-refractivity contribution in [3.63, 3.8) is 0 Å². The fraction of sp³-hybridized carbons (Fsp3) is 0.167. The van der Waals surface area contributed by atoms with Crippen LogP contribution in [0.25, 0.3) is 10.9 Å². The molecule has 5 heteroatoms. The number of H-pyrrole nitrogens is 1. The molecule has 3 aromatic rings. The van der Waals surface area contributed by atoms with Gasteiger partial charge in [-0.2, -0.15) is 0 Å². The first-order chi connectivity index (χ1) is 11.2. The average Bonchev–Trinajstić information content (AvgIpc) is 3.06. The van der Waals surface area contributed by atoms with Crippen LogP contribution >= 0.6 is 11.6 Å². The second-order valence-corrected chi connectivity index (χ2v) is 6.53. The normalized spacial score (nSPS) is 22.2. The molecule has 0 aliphatic carbocycles. The predicted molar refractivity (Wildman–Crippen MR) is 90.9 cm³/mol. The minimum Gasteiger partial charge on any atom is -0.356 e. The van der Waals surface area contributed by atoms with Crippen molar-refractivity contribution < 1.29 is 4.79 Å². The molecule has 0 radical (unpaired) electrons. The van der Waals surface area contributed by atoms with Gasteiger partial charge in [0.25, 0.3) is 5.91 Å². The zero-order chi connectivity index (χ0) is 15.6. The number of fused-ring (bicyclic) bond motifs is 6. The van der Waals surface area contributed by atoms with Crippen molar-refractivity contribution in [1.29, 1.82) is 0 Å². The maximum atomic E-state index is 12.9. The molecule has 0 saturated carbocycles. The second kappa shape index (κ2) is 4.37. The topological polar surface area (TPSA) is 56.9 Å². The van der Waals surface area contributed by atoms with E-state index >= 15 is 0 Å². The Morgan fingerprint density at radius 2 is 2.00 bits per heavy atom. The minimum atomic E-state index is -0.838. The molecule has 1 aromatic heterocycles. The summed E-state index contributed by atoms with van der Waals surface area (Å²) in [5.41, 5.74) is 4.13. The molecule has 2 aromatic carbocycles. The Morgan fingerprint density at radius 1 is 1.13 bits per heavy atom. The Kier molecular flexibility index (Phi) is 2.50. The molecule has 23 heavy (non-hydrogen) atoms. The van der Waals surface area contributed by atoms with Gasteiger partial charge >= 0.3 is 0 Å². The highest BCUT2D eigenvalue weighted by atomic mass is 35.5. The standard InChI is InChI=1S/C18H14ClN3O/c19-10-5-6-14-12(9-10)11-7-8-20-18(16(11)21-14)13-3-1-2-4-15(13)22-17(18)23/h1-6,9,20-21H,7-8H2,(H,22,23)/t18-/m1/s1. The van der Waals surface area contributed by atoms with Gasteiger partial charge in [0.1, 0.15) is 0 Å². The average molecular weight is 324 g/mol. The molecule has 0 saturated heterocycles. The summed E-state index contributed by atoms with van der Waals surface area (Å²) in [5.74, 6) is -0.0303. The third-order valence-corrected chi connectivity index (χ3v) is 5.16. The van der Waals surface area contributed by atoms with E-state index in [4.69, 9.17) is 11.6 Å². The number of hydrogen-bond donors (Lipinski definition) is 3. The molecule has 0 unspecified atom stereocenters. The summed E-state index contributed by atoms with van der Waals surface area (Å²) in [7, 11) is 0. The molecule has 1 spiro atoms. The van der Waals surface area contributed by atoms with Crippen molar-refractivity contribution in [2.45, 2.75) is 12.0 Å². The summed E-state index contributed by atoms with van der Waals surface area (Å²) in [5, 5.41) is 8.28. The van der Waals surface area contributed by atoms with E-state index in [0.29, 0.717) is 5.02 Å². The molecule has 3 N–H and O–H groups in total. The molecule has 1 amide bonds. The van der Waals surface area contributed by atoms with Crippen molar-refractivity contribution in [1.82, 2.24) is 10.3 Å². The van der Waals surface area contributed by atoms with Gasteiger partial charge < -0.3 is 10.3 Å². The molecule has 2 aliphatic rings. The van der Waals surface area contributed by atoms with Crippen LogP contribution in [0.1, 0.15) is 16.8 Å². The second-order valence-electron chi connectivity index (χ2n) is 6.09. The highest BCUT2D eigenvalue weighted by Crippen LogP contribution is 2.45. The quantitative estimate of drug-likeness (QED) is 0.595. The third kappa shape index (κ3) is 1.57. The summed E-state index contributed by atoms with van der Waals surface area (Å²) >= 11 is 6.17. The van der Waals surface area contributed by atoms with Crippen molar-refractivity contribution in [3.05, 3.63) is 64.3 Å². The zero-order valence-electron chi connectivity index (χ0n) is 12.2. The number of anilines is 1. The summed E-state index contributed by atoms with van der Waals surface area (Å²) in [6.07, 6.45) is 0.868. The minimum absolute atomic E-state index is 0.0303. The zero-order valence-corrected chi connectivity index (χ0v) is 13.0. The molecule has 2 aliphatic heterocycles. The van der Waals surface area contributed by atoms with Crippen LogP contribution in [0.15, 0.2) is 42.5 Å². The Morgan fingerprint density at radius 3 is 2.91 bits per heavy atom. The fourth-order valence-corrected chi connectivity index (χ4v) is 4.12. The third-order valence-electron chi connectivity index (χ3n) is 4.93. The van der Waals surface area contributed by atoms with Gasteiger partial charge in [0.15, 0.2) is 5.54 Å². The lowest BCUT2D eigenvalue weighted by molar-refractivity contribution is -0.120. The van der Waals surface area contributed by atoms with Crippen LogP contribution in [0.4, 0.5) is 5.69 Å². The highest BCUT2D eigenvalue weighted by molar-refractivity contribution is 6.31. The van der Waals surface area contributed by atoms with Crippen molar-refractivity contribution in [3.8, 4) is 0 Å². The van der Waals surface area contributed by atoms with E-state index in [0.717, 1.165) is 40.8 Å². The molecule has 114 valence electrons. The number of amides is 1. The largest absolute Gasteiger partial charge is 0.356 e. The first kappa shape index (κ1) is 13.2. The van der Waals surface area contributed by atoms with Gasteiger partial charge in [-0.05, 0) is 36.2 Å². The van der Waals surface area contributed by atoms with Gasteiger partial charge in [-0.25, -0.2) is 0 Å². The molecular formula is C18H14ClN3O. The highest BCUT2D eigenvalue weighted by Gasteiger charge is 2.51. The van der Waals surface area contributed by atoms with Crippen LogP contribution < -0.4 is 10.6 Å². The number of rotatable bonds is 0. The molecule has 3 heterocycles. The molecule has 5 rings (SSSR count). The predicted octanol–water partition coefficient (Wildman–Crippen LogP) is 3.16. The smallest absolute Gasteiger partial charge is 0.255 e. The number of carbonyl (C=O) groups is 1. The van der Waals surface area contributed by atoms with Crippen LogP contribution in [0.2, 0.25) is 5.02 Å². The number of benzene rings is 2. The van der Waals surface area contributed by atoms with E-state index in [1.807, 2.05) is 42.5 Å². The molecule has 4 nitrogen and oxygen atoms in total. The lowest BCUT2D eigenvalue weighted by Crippen LogP contribution is -2.53. The summed E-state index contributed by atoms with van der Waals surface area (Å²) in [4.78, 5) is 16.4. The molecule has 1 atom stereocenters. The summed E-state index contributed by atoms with van der Waals surface area (Å²) in [6, 6.07) is 13.7. The number of nitrogens with one attached hydrogen (secondary N) is 3. The molecule has 0 fully saturated rings. The van der Waals surface area contributed by atoms with Crippen LogP contribution in [-0.4, -0.2) is 17.4 Å². The Labute approximate surface area is 137 Å². The fourth-order valence-electron chi connectivity index (χ4n) is 3.94. The van der Waals surface area contributed by atoms with E-state index in [1.165, 1.54) is 5.56 Å². The van der Waals surface area contributed by atoms with Crippen LogP contribution in [0, 0.1) is 0 Å². The number of hydrogen-bond acceptors (Lipinski definition) is 2. The van der Waals surface area contributed by atoms with Crippen LogP contribution in [-0.2, 0) is 16.8 Å². The van der Waals surface area contributed by atoms with Crippen molar-refractivity contribution >= 4 is 34.1 Å². The number of aromatic amines is 1. The van der Waals surface area contributed by atoms with Crippen LogP contribution in [0.5, 0.6) is 0 Å². The van der Waals surface area contributed by atoms with Gasteiger partial charge in [-0.15, -0.1) is 0 Å². The van der Waals surface area contributed by atoms with E-state index in [9.17, 15) is 4.79 Å². The van der Waals surface area contributed by atoms with E-state index in [2.05, 4.69) is 15.6 Å². The number of halogens is 1. The van der Waals surface area contributed by atoms with Gasteiger partial charge in [0.05, 0.1) is 5.69 Å². The summed E-state index contributed by atoms with van der Waals surface area (Å²) < 4.78 is 0. The molecule has 0 bridgehead atoms. The number of aromatic nitrogens is 1. The Hall–Kier alpha value is -2.30. The Balaban J connectivity index is 1.86. The van der Waals surface area contributed by atoms with E-state index in [-0.39, 0.29) is 5.91 Å². The first-order valence-electron chi connectivity index (χ1n) is 7.67. The van der Waals surface area contributed by atoms with E-state index < -0.39 is 5.54 Å². The molecular weight excluding hydrogens is 310 g/mol. The monoisotopic (exact) mass is 323 g/mol. The Bertz CT molecular complexity index is 978. The van der Waals surface area contributed by atoms with Crippen LogP contribution in [0.3, 0.4) is 0 Å². The maximum Gasteiger partial charge on any atom is 0.255 e. The maximum absolute atomic E-state index is 12.9. The SMILES string of the molecule is O=C1Nc2ccccc2[C@]12NCCc1c2[nH]c2ccc(Cl)cc12. The first-order valence-corrected chi connectivity index (χ1v) is 8.04. The van der Waals surface area contributed by atoms with E-state index in [1.54, 1.807) is 0 Å². The van der Waals surface area contributed by atoms with Gasteiger partial charge in [0.2, 0.25) is 0 Å². The van der Waals surface area contributed by atoms with Gasteiger partial charge in [0, 0.05) is 33.7 Å². The lowest BCUT2D eigenvalue weighted by atomic mass is 9.82. The van der Waals surface area contributed by atoms with Gasteiger partial charge in [-0.3, -0.25) is 10.1 Å². The van der Waals surface area contributed by atoms with Crippen molar-refractivity contribution in [2.75, 3.05) is 11.9 Å².